The molecule has 1 aliphatic heterocycles. The molecule has 160 valence electrons. The molecule has 29 heavy (non-hydrogen) atoms. The number of ether oxygens (including phenoxy) is 1. The summed E-state index contributed by atoms with van der Waals surface area (Å²) in [6, 6.07) is 14.7. The molecule has 2 heterocycles. The Bertz CT molecular complexity index is 744. The summed E-state index contributed by atoms with van der Waals surface area (Å²) >= 11 is 0. The molecular weight excluding hydrogens is 479 g/mol. The average molecular weight is 512 g/mol. The van der Waals surface area contributed by atoms with E-state index in [2.05, 4.69) is 59.4 Å². The summed E-state index contributed by atoms with van der Waals surface area (Å²) < 4.78 is 11.5. The minimum absolute atomic E-state index is 0. The lowest BCUT2D eigenvalue weighted by atomic mass is 10.1. The highest BCUT2D eigenvalue weighted by molar-refractivity contribution is 14.0. The van der Waals surface area contributed by atoms with Gasteiger partial charge in [-0.3, -0.25) is 9.89 Å². The van der Waals surface area contributed by atoms with Crippen LogP contribution in [0.1, 0.15) is 30.0 Å². The van der Waals surface area contributed by atoms with Crippen LogP contribution in [0.3, 0.4) is 0 Å². The Morgan fingerprint density at radius 2 is 1.90 bits per heavy atom. The number of aryl methyl sites for hydroxylation is 1. The van der Waals surface area contributed by atoms with Crippen molar-refractivity contribution < 1.29 is 9.15 Å². The highest BCUT2D eigenvalue weighted by atomic mass is 127. The van der Waals surface area contributed by atoms with Crippen LogP contribution in [0.2, 0.25) is 0 Å². The largest absolute Gasteiger partial charge is 0.465 e. The Balaban J connectivity index is 0.00000300. The number of hydrogen-bond donors (Lipinski definition) is 1. The molecular formula is C22H33IN4O2. The zero-order valence-electron chi connectivity index (χ0n) is 17.6. The number of nitrogens with one attached hydrogen (secondary N) is 1. The van der Waals surface area contributed by atoms with Crippen molar-refractivity contribution in [2.75, 3.05) is 46.4 Å². The number of morpholine rings is 1. The van der Waals surface area contributed by atoms with E-state index in [1.54, 1.807) is 0 Å². The second-order valence-electron chi connectivity index (χ2n) is 7.15. The molecule has 2 aromatic rings. The summed E-state index contributed by atoms with van der Waals surface area (Å²) in [7, 11) is 2.08. The molecule has 3 rings (SSSR count). The van der Waals surface area contributed by atoms with Crippen LogP contribution >= 0.6 is 24.0 Å². The molecule has 0 amide bonds. The van der Waals surface area contributed by atoms with Crippen LogP contribution in [0.5, 0.6) is 0 Å². The van der Waals surface area contributed by atoms with E-state index in [4.69, 9.17) is 14.1 Å². The van der Waals surface area contributed by atoms with Crippen molar-refractivity contribution >= 4 is 29.9 Å². The number of furan rings is 1. The van der Waals surface area contributed by atoms with Gasteiger partial charge < -0.3 is 19.4 Å². The maximum absolute atomic E-state index is 5.96. The topological polar surface area (TPSA) is 53.2 Å². The summed E-state index contributed by atoms with van der Waals surface area (Å²) in [6.07, 6.45) is 0. The van der Waals surface area contributed by atoms with Gasteiger partial charge in [0, 0.05) is 33.2 Å². The first kappa shape index (κ1) is 23.7. The molecule has 1 saturated heterocycles. The Labute approximate surface area is 191 Å². The third-order valence-corrected chi connectivity index (χ3v) is 4.95. The fraction of sp³-hybridized carbons (Fsp3) is 0.500. The van der Waals surface area contributed by atoms with E-state index < -0.39 is 0 Å². The van der Waals surface area contributed by atoms with E-state index in [-0.39, 0.29) is 30.0 Å². The summed E-state index contributed by atoms with van der Waals surface area (Å²) in [4.78, 5) is 9.54. The van der Waals surface area contributed by atoms with Crippen LogP contribution in [0, 0.1) is 6.92 Å². The zero-order chi connectivity index (χ0) is 19.8. The second kappa shape index (κ2) is 12.2. The van der Waals surface area contributed by atoms with Crippen molar-refractivity contribution in [1.82, 2.24) is 15.1 Å². The molecule has 0 radical (unpaired) electrons. The summed E-state index contributed by atoms with van der Waals surface area (Å²) in [5.41, 5.74) is 1.27. The fourth-order valence-electron chi connectivity index (χ4n) is 3.48. The Morgan fingerprint density at radius 1 is 1.17 bits per heavy atom. The number of guanidine groups is 1. The van der Waals surface area contributed by atoms with Crippen LogP contribution in [0.25, 0.3) is 0 Å². The maximum atomic E-state index is 5.96. The number of nitrogens with zero attached hydrogens (tertiary/aromatic N) is 3. The molecule has 0 bridgehead atoms. The highest BCUT2D eigenvalue weighted by Gasteiger charge is 2.25. The lowest BCUT2D eigenvalue weighted by molar-refractivity contribution is 0.0135. The van der Waals surface area contributed by atoms with Gasteiger partial charge in [-0.25, -0.2) is 0 Å². The van der Waals surface area contributed by atoms with Crippen LogP contribution in [0.4, 0.5) is 0 Å². The number of rotatable bonds is 7. The van der Waals surface area contributed by atoms with E-state index in [0.717, 1.165) is 56.9 Å². The fourth-order valence-corrected chi connectivity index (χ4v) is 3.48. The summed E-state index contributed by atoms with van der Waals surface area (Å²) in [5, 5.41) is 3.42. The lowest BCUT2D eigenvalue weighted by Crippen LogP contribution is -2.42. The van der Waals surface area contributed by atoms with E-state index in [1.807, 2.05) is 19.1 Å². The first-order valence-electron chi connectivity index (χ1n) is 10.1. The Hall–Kier alpha value is -1.58. The first-order valence-corrected chi connectivity index (χ1v) is 10.1. The van der Waals surface area contributed by atoms with E-state index in [9.17, 15) is 0 Å². The Kier molecular flexibility index (Phi) is 9.96. The SMILES string of the molecule is CCNC(=NCC(c1ccc(C)o1)N1CCOCC1)N(C)Cc1ccccc1.I. The highest BCUT2D eigenvalue weighted by Crippen LogP contribution is 2.24. The van der Waals surface area contributed by atoms with E-state index in [0.29, 0.717) is 6.54 Å². The van der Waals surface area contributed by atoms with Gasteiger partial charge in [0.15, 0.2) is 5.96 Å². The molecule has 1 fully saturated rings. The van der Waals surface area contributed by atoms with Gasteiger partial charge in [0.05, 0.1) is 25.8 Å². The molecule has 1 unspecified atom stereocenters. The summed E-state index contributed by atoms with van der Waals surface area (Å²) in [6.45, 7) is 9.69. The monoisotopic (exact) mass is 512 g/mol. The van der Waals surface area contributed by atoms with Crippen molar-refractivity contribution in [3.05, 3.63) is 59.5 Å². The molecule has 7 heteroatoms. The quantitative estimate of drug-likeness (QED) is 0.349. The molecule has 1 N–H and O–H groups in total. The first-order chi connectivity index (χ1) is 13.7. The van der Waals surface area contributed by atoms with E-state index in [1.165, 1.54) is 5.56 Å². The summed E-state index contributed by atoms with van der Waals surface area (Å²) in [5.74, 6) is 2.82. The smallest absolute Gasteiger partial charge is 0.194 e. The van der Waals surface area contributed by atoms with Crippen molar-refractivity contribution in [2.45, 2.75) is 26.4 Å². The predicted octanol–water partition coefficient (Wildman–Crippen LogP) is 3.68. The van der Waals surface area contributed by atoms with Gasteiger partial charge in [0.2, 0.25) is 0 Å². The molecule has 6 nitrogen and oxygen atoms in total. The number of benzene rings is 1. The number of hydrogen-bond acceptors (Lipinski definition) is 4. The normalized spacial score (nSPS) is 16.2. The number of halogens is 1. The molecule has 1 aliphatic rings. The molecule has 1 aromatic carbocycles. The van der Waals surface area contributed by atoms with Crippen LogP contribution in [0.15, 0.2) is 51.9 Å². The van der Waals surface area contributed by atoms with Gasteiger partial charge in [-0.1, -0.05) is 30.3 Å². The zero-order valence-corrected chi connectivity index (χ0v) is 20.0. The van der Waals surface area contributed by atoms with Crippen molar-refractivity contribution in [1.29, 1.82) is 0 Å². The molecule has 1 atom stereocenters. The molecule has 0 saturated carbocycles. The third-order valence-electron chi connectivity index (χ3n) is 4.95. The molecule has 0 aliphatic carbocycles. The predicted molar refractivity (Wildman–Crippen MR) is 128 cm³/mol. The van der Waals surface area contributed by atoms with Gasteiger partial charge >= 0.3 is 0 Å². The third kappa shape index (κ3) is 7.01. The van der Waals surface area contributed by atoms with Gasteiger partial charge in [0.1, 0.15) is 11.5 Å². The van der Waals surface area contributed by atoms with Gasteiger partial charge in [-0.05, 0) is 31.5 Å². The van der Waals surface area contributed by atoms with Crippen LogP contribution in [-0.2, 0) is 11.3 Å². The van der Waals surface area contributed by atoms with Gasteiger partial charge in [-0.2, -0.15) is 0 Å². The standard InChI is InChI=1S/C22H32N4O2.HI/c1-4-23-22(25(3)17-19-8-6-5-7-9-19)24-16-20(21-11-10-18(2)28-21)26-12-14-27-15-13-26;/h5-11,20H,4,12-17H2,1-3H3,(H,23,24);1H. The van der Waals surface area contributed by atoms with Crippen LogP contribution < -0.4 is 5.32 Å². The number of aliphatic imine (C=N–C) groups is 1. The Morgan fingerprint density at radius 3 is 2.52 bits per heavy atom. The van der Waals surface area contributed by atoms with Gasteiger partial charge in [-0.15, -0.1) is 24.0 Å². The van der Waals surface area contributed by atoms with E-state index >= 15 is 0 Å². The van der Waals surface area contributed by atoms with Gasteiger partial charge in [0.25, 0.3) is 0 Å². The second-order valence-corrected chi connectivity index (χ2v) is 7.15. The maximum Gasteiger partial charge on any atom is 0.194 e. The molecule has 1 aromatic heterocycles. The van der Waals surface area contributed by atoms with Crippen molar-refractivity contribution in [2.24, 2.45) is 4.99 Å². The molecule has 0 spiro atoms. The van der Waals surface area contributed by atoms with Crippen molar-refractivity contribution in [3.63, 3.8) is 0 Å². The minimum atomic E-state index is 0. The van der Waals surface area contributed by atoms with Crippen LogP contribution in [-0.4, -0.2) is 62.2 Å². The minimum Gasteiger partial charge on any atom is -0.465 e. The van der Waals surface area contributed by atoms with Crippen molar-refractivity contribution in [3.8, 4) is 0 Å². The lowest BCUT2D eigenvalue weighted by Gasteiger charge is -2.33. The average Bonchev–Trinajstić information content (AvgIpc) is 3.15.